The first-order chi connectivity index (χ1) is 35.9. The van der Waals surface area contributed by atoms with Crippen molar-refractivity contribution in [2.24, 2.45) is 17.2 Å². The zero-order valence-corrected chi connectivity index (χ0v) is 34.8. The maximum Gasteiger partial charge on any atom is 0.246 e. The number of Topliss-reactive ketones (excluding diaryl/α,β-unsaturated/α-hetero) is 1. The molecular weight excluding hydrogens is 758 g/mol. The minimum absolute atomic E-state index is 0. The van der Waals surface area contributed by atoms with Crippen LogP contribution in [0.15, 0.2) is 0 Å². The minimum Gasteiger partial charge on any atom is -0.377 e. The van der Waals surface area contributed by atoms with E-state index in [1.807, 2.05) is 0 Å². The second-order valence-corrected chi connectivity index (χ2v) is 13.7. The fourth-order valence-electron chi connectivity index (χ4n) is 5.39. The Labute approximate surface area is 369 Å². The summed E-state index contributed by atoms with van der Waals surface area (Å²) in [7, 11) is 3.37. The van der Waals surface area contributed by atoms with Gasteiger partial charge in [0, 0.05) is 70.6 Å². The van der Waals surface area contributed by atoms with Gasteiger partial charge in [-0.2, -0.15) is 0 Å². The van der Waals surface area contributed by atoms with Crippen molar-refractivity contribution in [1.82, 2.24) is 31.9 Å². The Morgan fingerprint density at radius 2 is 0.966 bits per heavy atom. The molecule has 0 unspecified atom stereocenters. The molecule has 0 heterocycles. The number of likely N-dealkylation sites (N-methyl/N-ethyl adjacent to an activating group) is 2. The van der Waals surface area contributed by atoms with Crippen molar-refractivity contribution < 1.29 is 77.7 Å². The average molecular weight is 867 g/mol. The third-order valence-corrected chi connectivity index (χ3v) is 8.84. The van der Waals surface area contributed by atoms with Crippen LogP contribution in [0.4, 0.5) is 0 Å². The van der Waals surface area contributed by atoms with E-state index in [4.69, 9.17) is 59.9 Å². The molecule has 0 aliphatic rings. The molecule has 0 aliphatic heterocycles. The predicted octanol–water partition coefficient (Wildman–Crippen LogP) is 0.236. The first-order valence-electron chi connectivity index (χ1n) is 28.5. The lowest BCUT2D eigenvalue weighted by Crippen LogP contribution is -2.41. The van der Waals surface area contributed by atoms with Crippen LogP contribution < -0.4 is 49.1 Å². The van der Waals surface area contributed by atoms with Gasteiger partial charge in [0.25, 0.3) is 0 Å². The summed E-state index contributed by atoms with van der Waals surface area (Å²) in [4.78, 5) is 82.4. The van der Waals surface area contributed by atoms with Gasteiger partial charge in [-0.15, -0.1) is 0 Å². The highest BCUT2D eigenvalue weighted by Crippen LogP contribution is 2.07. The molecule has 58 heavy (non-hydrogen) atoms. The van der Waals surface area contributed by atoms with Crippen molar-refractivity contribution in [3.05, 3.63) is 0 Å². The number of amides is 6. The molecule has 20 nitrogen and oxygen atoms in total. The highest BCUT2D eigenvalue weighted by Gasteiger charge is 2.15. The summed E-state index contributed by atoms with van der Waals surface area (Å²) in [6.45, 7) is 3.00. The molecule has 0 saturated carbocycles. The van der Waals surface area contributed by atoms with Crippen LogP contribution in [-0.2, 0) is 52.5 Å². The summed E-state index contributed by atoms with van der Waals surface area (Å²) in [5, 5.41) is 16.7. The molecule has 20 heteroatoms. The molecule has 0 aromatic heterocycles. The van der Waals surface area contributed by atoms with Gasteiger partial charge in [-0.05, 0) is 71.9 Å². The summed E-state index contributed by atoms with van der Waals surface area (Å²) < 4.78 is 101. The fraction of sp³-hybridized carbons (Fsp3) is 0.816. The molecule has 0 fully saturated rings. The number of primary amides is 2. The Morgan fingerprint density at radius 3 is 1.52 bits per heavy atom. The first-order valence-corrected chi connectivity index (χ1v) is 20.5. The maximum absolute atomic E-state index is 12.2. The van der Waals surface area contributed by atoms with Gasteiger partial charge < -0.3 is 68.0 Å². The van der Waals surface area contributed by atoms with Crippen LogP contribution in [0.3, 0.4) is 0 Å². The van der Waals surface area contributed by atoms with Gasteiger partial charge in [-0.3, -0.25) is 33.6 Å². The van der Waals surface area contributed by atoms with Crippen LogP contribution in [0.1, 0.15) is 115 Å². The van der Waals surface area contributed by atoms with Gasteiger partial charge in [-0.1, -0.05) is 12.8 Å². The number of ether oxygens (including phenoxy) is 4. The second kappa shape index (κ2) is 37.5. The topological polar surface area (TPSA) is 307 Å². The first kappa shape index (κ1) is 41.0. The molecule has 12 N–H and O–H groups in total. The van der Waals surface area contributed by atoms with E-state index >= 15 is 0 Å². The predicted molar refractivity (Wildman–Crippen MR) is 236 cm³/mol. The molecule has 3 atom stereocenters. The van der Waals surface area contributed by atoms with Crippen molar-refractivity contribution in [2.75, 3.05) is 93.1 Å². The maximum atomic E-state index is 12.2. The minimum atomic E-state index is -0.631. The highest BCUT2D eigenvalue weighted by atomic mass is 16.5. The van der Waals surface area contributed by atoms with Crippen LogP contribution in [0.5, 0.6) is 0 Å². The van der Waals surface area contributed by atoms with Crippen molar-refractivity contribution in [3.63, 3.8) is 0 Å². The molecule has 0 aromatic carbocycles. The van der Waals surface area contributed by atoms with Gasteiger partial charge >= 0.3 is 0 Å². The Hall–Kier alpha value is -3.79. The number of nitrogens with one attached hydrogen (secondary N) is 6. The third-order valence-electron chi connectivity index (χ3n) is 8.84. The molecule has 354 valence electrons. The summed E-state index contributed by atoms with van der Waals surface area (Å²) in [5.41, 5.74) is 16.5. The van der Waals surface area contributed by atoms with Crippen molar-refractivity contribution in [2.45, 2.75) is 108 Å². The van der Waals surface area contributed by atoms with Crippen molar-refractivity contribution >= 4 is 41.2 Å². The largest absolute Gasteiger partial charge is 0.377 e. The van der Waals surface area contributed by atoms with Gasteiger partial charge in [0.2, 0.25) is 35.4 Å². The fourth-order valence-corrected chi connectivity index (χ4v) is 5.39. The summed E-state index contributed by atoms with van der Waals surface area (Å²) in [6.07, 6.45) is 8.16. The van der Waals surface area contributed by atoms with Crippen LogP contribution in [0.2, 0.25) is 0 Å². The van der Waals surface area contributed by atoms with E-state index < -0.39 is 11.9 Å². The van der Waals surface area contributed by atoms with Crippen LogP contribution in [0, 0.1) is 0 Å². The normalized spacial score (nSPS) is 13.7. The van der Waals surface area contributed by atoms with Gasteiger partial charge in [0.05, 0.1) is 57.8 Å². The number of carbonyl (C=O) groups is 7. The van der Waals surface area contributed by atoms with Gasteiger partial charge in [0.1, 0.15) is 13.2 Å². The van der Waals surface area contributed by atoms with E-state index in [1.165, 1.54) is 0 Å². The number of hydrogen-bond donors (Lipinski definition) is 9. The van der Waals surface area contributed by atoms with E-state index in [9.17, 15) is 33.6 Å². The summed E-state index contributed by atoms with van der Waals surface area (Å²) >= 11 is 0. The summed E-state index contributed by atoms with van der Waals surface area (Å²) in [5.74, 6) is -1.61. The number of hydrogen-bond acceptors (Lipinski definition) is 14. The lowest BCUT2D eigenvalue weighted by Gasteiger charge is -2.14. The van der Waals surface area contributed by atoms with Crippen molar-refractivity contribution in [3.8, 4) is 0 Å². The Bertz CT molecular complexity index is 1220. The number of nitrogens with two attached hydrogens (primary N) is 3. The van der Waals surface area contributed by atoms with E-state index in [0.717, 1.165) is 25.7 Å². The highest BCUT2D eigenvalue weighted by molar-refractivity contribution is 5.82. The van der Waals surface area contributed by atoms with Crippen molar-refractivity contribution in [1.29, 1.82) is 0 Å². The average Bonchev–Trinajstić information content (AvgIpc) is 3.43. The lowest BCUT2D eigenvalue weighted by atomic mass is 10.1. The van der Waals surface area contributed by atoms with E-state index in [-0.39, 0.29) is 108 Å². The smallest absolute Gasteiger partial charge is 0.246 e. The summed E-state index contributed by atoms with van der Waals surface area (Å²) in [6, 6.07) is -1.35. The zero-order chi connectivity index (χ0) is 59.2. The molecule has 0 radical (unpaired) electrons. The zero-order valence-electron chi connectivity index (χ0n) is 50.8. The molecule has 0 aromatic rings. The van der Waals surface area contributed by atoms with Gasteiger partial charge in [-0.25, -0.2) is 0 Å². The van der Waals surface area contributed by atoms with E-state index in [1.54, 1.807) is 14.1 Å². The number of rotatable bonds is 41. The number of unbranched alkanes of at least 4 members (excludes halogenated alkanes) is 4. The Balaban J connectivity index is -0.000000281. The molecule has 6 amide bonds. The van der Waals surface area contributed by atoms with Gasteiger partial charge in [0.15, 0.2) is 5.78 Å². The molecule has 0 saturated heterocycles. The third kappa shape index (κ3) is 33.2. The molecule has 0 aliphatic carbocycles. The lowest BCUT2D eigenvalue weighted by molar-refractivity contribution is -0.127. The number of carbonyl (C=O) groups excluding carboxylic acids is 7. The SMILES string of the molecule is CN[C@@H](CCCCCC(=O)COCCOCCNC(=O)COCCOCCNC(=O)CCCC(=O)NCCCC[C@H](N)C(=O)NCCCC[C@H](NC)C(N)=O)C(N)=O.[2HH].[2H][2H].[2H][2H].[2H][2H].[2H][2H].[2H][2H].[2H][2H].[2H][2H].[2H][2H]. The second-order valence-electron chi connectivity index (χ2n) is 13.7. The molecular formula is C38H91N9O11. The molecule has 0 bridgehead atoms. The molecule has 0 spiro atoms. The Kier molecular flexibility index (Phi) is 26.5. The quantitative estimate of drug-likeness (QED) is 0.0372. The molecule has 0 rings (SSSR count). The van der Waals surface area contributed by atoms with E-state index in [2.05, 4.69) is 31.9 Å². The number of ketones is 1. The van der Waals surface area contributed by atoms with E-state index in [0.29, 0.717) is 84.2 Å². The Morgan fingerprint density at radius 1 is 0.500 bits per heavy atom. The van der Waals surface area contributed by atoms with Crippen LogP contribution >= 0.6 is 0 Å². The standard InChI is InChI=1S/C38H73N9O11.9H2/c1-42-31(36(40)52)13-5-3-4-11-29(48)27-57-25-23-56-22-20-46-35(51)28-58-26-24-55-21-19-45-34(50)16-10-15-33(49)44-17-8-6-12-30(39)38(54)47-18-9-7-14-32(43-2)37(41)53;;;;;;;;;/h30-32,42-43H,3-28,39H2,1-2H3,(H2,40,52)(H2,41,53)(H,44,49)(H,45,50)(H,46,51)(H,47,54);9*1H/t30-,31-,32-;;;;;;;;;/m0........./s1/i;8*1+1D;1+1. The van der Waals surface area contributed by atoms with Crippen LogP contribution in [-0.4, -0.2) is 152 Å². The van der Waals surface area contributed by atoms with Crippen LogP contribution in [0.25, 0.3) is 0 Å². The monoisotopic (exact) mass is 867 g/mol.